The maximum absolute atomic E-state index is 12.4. The number of nitrogens with one attached hydrogen (secondary N) is 2. The molecule has 1 amide bonds. The largest absolute Gasteiger partial charge is 0.497 e. The third-order valence-electron chi connectivity index (χ3n) is 4.15. The van der Waals surface area contributed by atoms with Crippen LogP contribution in [0.4, 0.5) is 5.82 Å². The van der Waals surface area contributed by atoms with E-state index >= 15 is 0 Å². The van der Waals surface area contributed by atoms with Gasteiger partial charge in [0.1, 0.15) is 23.6 Å². The van der Waals surface area contributed by atoms with Gasteiger partial charge in [-0.05, 0) is 35.7 Å². The van der Waals surface area contributed by atoms with Crippen LogP contribution in [0.15, 0.2) is 60.9 Å². The molecule has 2 aromatic carbocycles. The van der Waals surface area contributed by atoms with Crippen molar-refractivity contribution in [1.29, 1.82) is 0 Å². The summed E-state index contributed by atoms with van der Waals surface area (Å²) >= 11 is 6.11. The van der Waals surface area contributed by atoms with Crippen LogP contribution in [0.1, 0.15) is 21.6 Å². The lowest BCUT2D eigenvalue weighted by Gasteiger charge is -2.09. The predicted octanol–water partition coefficient (Wildman–Crippen LogP) is 3.72. The zero-order valence-electron chi connectivity index (χ0n) is 15.5. The van der Waals surface area contributed by atoms with Gasteiger partial charge in [-0.15, -0.1) is 0 Å². The van der Waals surface area contributed by atoms with Crippen molar-refractivity contribution >= 4 is 23.3 Å². The zero-order valence-corrected chi connectivity index (χ0v) is 16.2. The van der Waals surface area contributed by atoms with Crippen LogP contribution < -0.4 is 15.4 Å². The van der Waals surface area contributed by atoms with Gasteiger partial charge in [-0.2, -0.15) is 0 Å². The highest BCUT2D eigenvalue weighted by Gasteiger charge is 2.09. The summed E-state index contributed by atoms with van der Waals surface area (Å²) in [5.41, 5.74) is 2.30. The number of nitrogens with zero attached hydrogens (tertiary/aromatic N) is 2. The van der Waals surface area contributed by atoms with Gasteiger partial charge in [-0.3, -0.25) is 4.79 Å². The summed E-state index contributed by atoms with van der Waals surface area (Å²) in [6, 6.07) is 16.9. The first-order valence-electron chi connectivity index (χ1n) is 8.86. The zero-order chi connectivity index (χ0) is 19.8. The van der Waals surface area contributed by atoms with Crippen LogP contribution in [0.2, 0.25) is 5.02 Å². The van der Waals surface area contributed by atoms with Gasteiger partial charge >= 0.3 is 0 Å². The standard InChI is InChI=1S/C21H21ClN4O2/c1-28-17-7-4-5-15(11-17)9-10-23-20-12-19(25-14-26-20)21(27)24-13-16-6-2-3-8-18(16)22/h2-8,11-12,14H,9-10,13H2,1H3,(H,24,27)(H,23,25,26). The first kappa shape index (κ1) is 19.6. The van der Waals surface area contributed by atoms with E-state index in [4.69, 9.17) is 16.3 Å². The maximum atomic E-state index is 12.4. The smallest absolute Gasteiger partial charge is 0.270 e. The molecule has 2 N–H and O–H groups in total. The lowest BCUT2D eigenvalue weighted by Crippen LogP contribution is -2.24. The molecule has 0 fully saturated rings. The Kier molecular flexibility index (Phi) is 6.81. The molecule has 0 saturated carbocycles. The highest BCUT2D eigenvalue weighted by Crippen LogP contribution is 2.15. The van der Waals surface area contributed by atoms with E-state index in [1.807, 2.05) is 42.5 Å². The number of halogens is 1. The van der Waals surface area contributed by atoms with E-state index in [2.05, 4.69) is 20.6 Å². The Morgan fingerprint density at radius 1 is 1.11 bits per heavy atom. The van der Waals surface area contributed by atoms with E-state index in [0.717, 1.165) is 23.3 Å². The Morgan fingerprint density at radius 2 is 1.96 bits per heavy atom. The number of rotatable bonds is 8. The van der Waals surface area contributed by atoms with Crippen LogP contribution in [0, 0.1) is 0 Å². The van der Waals surface area contributed by atoms with Crippen LogP contribution in [-0.2, 0) is 13.0 Å². The van der Waals surface area contributed by atoms with Crippen LogP contribution in [0.25, 0.3) is 0 Å². The second-order valence-corrected chi connectivity index (χ2v) is 6.50. The second-order valence-electron chi connectivity index (χ2n) is 6.09. The van der Waals surface area contributed by atoms with Gasteiger partial charge in [0, 0.05) is 24.2 Å². The van der Waals surface area contributed by atoms with Crippen LogP contribution in [-0.4, -0.2) is 29.5 Å². The fraction of sp³-hybridized carbons (Fsp3) is 0.190. The molecule has 0 atom stereocenters. The summed E-state index contributed by atoms with van der Waals surface area (Å²) in [4.78, 5) is 20.6. The number of benzene rings is 2. The second kappa shape index (κ2) is 9.71. The van der Waals surface area contributed by atoms with E-state index < -0.39 is 0 Å². The van der Waals surface area contributed by atoms with Crippen LogP contribution in [0.5, 0.6) is 5.75 Å². The van der Waals surface area contributed by atoms with Crippen molar-refractivity contribution < 1.29 is 9.53 Å². The molecule has 3 rings (SSSR count). The summed E-state index contributed by atoms with van der Waals surface area (Å²) in [7, 11) is 1.65. The molecule has 7 heteroatoms. The Morgan fingerprint density at radius 3 is 2.79 bits per heavy atom. The number of carbonyl (C=O) groups is 1. The minimum absolute atomic E-state index is 0.279. The minimum Gasteiger partial charge on any atom is -0.497 e. The van der Waals surface area contributed by atoms with Crippen molar-refractivity contribution in [3.8, 4) is 5.75 Å². The van der Waals surface area contributed by atoms with Gasteiger partial charge in [0.05, 0.1) is 7.11 Å². The average Bonchev–Trinajstić information content (AvgIpc) is 2.73. The lowest BCUT2D eigenvalue weighted by atomic mass is 10.1. The van der Waals surface area contributed by atoms with Crippen molar-refractivity contribution in [3.63, 3.8) is 0 Å². The molecule has 28 heavy (non-hydrogen) atoms. The Balaban J connectivity index is 1.54. The molecule has 0 spiro atoms. The molecule has 0 bridgehead atoms. The quantitative estimate of drug-likeness (QED) is 0.606. The minimum atomic E-state index is -0.279. The highest BCUT2D eigenvalue weighted by atomic mass is 35.5. The SMILES string of the molecule is COc1cccc(CCNc2cc(C(=O)NCc3ccccc3Cl)ncn2)c1. The molecule has 6 nitrogen and oxygen atoms in total. The summed E-state index contributed by atoms with van der Waals surface area (Å²) in [5, 5.41) is 6.65. The van der Waals surface area contributed by atoms with E-state index in [-0.39, 0.29) is 5.91 Å². The van der Waals surface area contributed by atoms with E-state index in [1.54, 1.807) is 19.2 Å². The lowest BCUT2D eigenvalue weighted by molar-refractivity contribution is 0.0946. The van der Waals surface area contributed by atoms with Crippen LogP contribution in [0.3, 0.4) is 0 Å². The molecule has 0 saturated heterocycles. The monoisotopic (exact) mass is 396 g/mol. The fourth-order valence-electron chi connectivity index (χ4n) is 2.65. The van der Waals surface area contributed by atoms with Crippen molar-refractivity contribution in [3.05, 3.63) is 82.8 Å². The molecule has 0 radical (unpaired) electrons. The summed E-state index contributed by atoms with van der Waals surface area (Å²) in [6.45, 7) is 1.01. The molecular weight excluding hydrogens is 376 g/mol. The first-order chi connectivity index (χ1) is 13.7. The molecule has 144 valence electrons. The van der Waals surface area contributed by atoms with Crippen molar-refractivity contribution in [2.75, 3.05) is 19.0 Å². The number of hydrogen-bond acceptors (Lipinski definition) is 5. The summed E-state index contributed by atoms with van der Waals surface area (Å²) in [5.74, 6) is 1.15. The number of methoxy groups -OCH3 is 1. The van der Waals surface area contributed by atoms with Gasteiger partial charge in [-0.25, -0.2) is 9.97 Å². The Hall–Kier alpha value is -3.12. The van der Waals surface area contributed by atoms with Gasteiger partial charge < -0.3 is 15.4 Å². The predicted molar refractivity (Wildman–Crippen MR) is 110 cm³/mol. The number of amides is 1. The molecular formula is C21H21ClN4O2. The number of aromatic nitrogens is 2. The van der Waals surface area contributed by atoms with E-state index in [0.29, 0.717) is 29.6 Å². The summed E-state index contributed by atoms with van der Waals surface area (Å²) in [6.07, 6.45) is 2.17. The highest BCUT2D eigenvalue weighted by molar-refractivity contribution is 6.31. The normalized spacial score (nSPS) is 10.4. The third-order valence-corrected chi connectivity index (χ3v) is 4.52. The molecule has 0 unspecified atom stereocenters. The number of anilines is 1. The van der Waals surface area contributed by atoms with Crippen LogP contribution >= 0.6 is 11.6 Å². The first-order valence-corrected chi connectivity index (χ1v) is 9.24. The van der Waals surface area contributed by atoms with Gasteiger partial charge in [-0.1, -0.05) is 41.9 Å². The molecule has 1 heterocycles. The molecule has 3 aromatic rings. The molecule has 1 aromatic heterocycles. The molecule has 0 aliphatic rings. The van der Waals surface area contributed by atoms with E-state index in [1.165, 1.54) is 6.33 Å². The number of ether oxygens (including phenoxy) is 1. The van der Waals surface area contributed by atoms with Crippen molar-refractivity contribution in [1.82, 2.24) is 15.3 Å². The Labute approximate surface area is 168 Å². The van der Waals surface area contributed by atoms with Crippen molar-refractivity contribution in [2.45, 2.75) is 13.0 Å². The number of carbonyl (C=O) groups excluding carboxylic acids is 1. The van der Waals surface area contributed by atoms with Crippen molar-refractivity contribution in [2.24, 2.45) is 0 Å². The van der Waals surface area contributed by atoms with Gasteiger partial charge in [0.15, 0.2) is 0 Å². The topological polar surface area (TPSA) is 76.1 Å². The number of hydrogen-bond donors (Lipinski definition) is 2. The fourth-order valence-corrected chi connectivity index (χ4v) is 2.85. The Bertz CT molecular complexity index is 949. The molecule has 0 aliphatic heterocycles. The maximum Gasteiger partial charge on any atom is 0.270 e. The molecule has 0 aliphatic carbocycles. The summed E-state index contributed by atoms with van der Waals surface area (Å²) < 4.78 is 5.23. The third kappa shape index (κ3) is 5.44. The average molecular weight is 397 g/mol. The van der Waals surface area contributed by atoms with E-state index in [9.17, 15) is 4.79 Å². The van der Waals surface area contributed by atoms with Gasteiger partial charge in [0.2, 0.25) is 0 Å². The van der Waals surface area contributed by atoms with Gasteiger partial charge in [0.25, 0.3) is 5.91 Å².